The molecule has 0 fully saturated rings. The number of pyridine rings is 1. The lowest BCUT2D eigenvalue weighted by Crippen LogP contribution is -2.14. The SMILES string of the molecule is CCCNCc1ccc2cccc(O)c2n1. The maximum Gasteiger partial charge on any atom is 0.141 e. The van der Waals surface area contributed by atoms with Crippen LogP contribution in [-0.4, -0.2) is 16.6 Å². The summed E-state index contributed by atoms with van der Waals surface area (Å²) in [7, 11) is 0. The minimum absolute atomic E-state index is 0.245. The molecule has 0 aliphatic carbocycles. The Hall–Kier alpha value is -1.61. The third-order valence-corrected chi connectivity index (χ3v) is 2.49. The maximum atomic E-state index is 9.68. The molecular formula is C13H16N2O. The second-order valence-corrected chi connectivity index (χ2v) is 3.83. The summed E-state index contributed by atoms with van der Waals surface area (Å²) < 4.78 is 0. The van der Waals surface area contributed by atoms with Gasteiger partial charge in [0.15, 0.2) is 0 Å². The summed E-state index contributed by atoms with van der Waals surface area (Å²) in [6.07, 6.45) is 1.11. The molecule has 1 heterocycles. The van der Waals surface area contributed by atoms with Crippen LogP contribution in [0.1, 0.15) is 19.0 Å². The van der Waals surface area contributed by atoms with Gasteiger partial charge in [0, 0.05) is 11.9 Å². The van der Waals surface area contributed by atoms with Gasteiger partial charge < -0.3 is 10.4 Å². The highest BCUT2D eigenvalue weighted by molar-refractivity contribution is 5.84. The Morgan fingerprint density at radius 1 is 1.25 bits per heavy atom. The fourth-order valence-corrected chi connectivity index (χ4v) is 1.66. The zero-order valence-corrected chi connectivity index (χ0v) is 9.40. The first-order valence-electron chi connectivity index (χ1n) is 5.59. The summed E-state index contributed by atoms with van der Waals surface area (Å²) in [5.41, 5.74) is 1.64. The number of para-hydroxylation sites is 1. The number of hydrogen-bond donors (Lipinski definition) is 2. The van der Waals surface area contributed by atoms with Gasteiger partial charge in [-0.2, -0.15) is 0 Å². The Labute approximate surface area is 95.1 Å². The smallest absolute Gasteiger partial charge is 0.141 e. The van der Waals surface area contributed by atoms with E-state index in [2.05, 4.69) is 17.2 Å². The monoisotopic (exact) mass is 216 g/mol. The van der Waals surface area contributed by atoms with E-state index in [-0.39, 0.29) is 5.75 Å². The number of nitrogens with zero attached hydrogens (tertiary/aromatic N) is 1. The van der Waals surface area contributed by atoms with Gasteiger partial charge >= 0.3 is 0 Å². The molecular weight excluding hydrogens is 200 g/mol. The Morgan fingerprint density at radius 3 is 2.94 bits per heavy atom. The largest absolute Gasteiger partial charge is 0.506 e. The van der Waals surface area contributed by atoms with E-state index in [1.54, 1.807) is 6.07 Å². The van der Waals surface area contributed by atoms with Crippen molar-refractivity contribution in [2.45, 2.75) is 19.9 Å². The molecule has 0 bridgehead atoms. The second-order valence-electron chi connectivity index (χ2n) is 3.83. The molecule has 0 atom stereocenters. The van der Waals surface area contributed by atoms with Gasteiger partial charge in [-0.1, -0.05) is 25.1 Å². The molecule has 0 spiro atoms. The molecule has 2 N–H and O–H groups in total. The van der Waals surface area contributed by atoms with Crippen LogP contribution < -0.4 is 5.32 Å². The van der Waals surface area contributed by atoms with Crippen molar-refractivity contribution in [3.8, 4) is 5.75 Å². The highest BCUT2D eigenvalue weighted by Crippen LogP contribution is 2.22. The van der Waals surface area contributed by atoms with Crippen LogP contribution in [0.5, 0.6) is 5.75 Å². The minimum atomic E-state index is 0.245. The van der Waals surface area contributed by atoms with Gasteiger partial charge in [-0.05, 0) is 25.1 Å². The van der Waals surface area contributed by atoms with E-state index in [1.807, 2.05) is 24.3 Å². The average molecular weight is 216 g/mol. The Bertz CT molecular complexity index is 482. The quantitative estimate of drug-likeness (QED) is 0.771. The van der Waals surface area contributed by atoms with Gasteiger partial charge in [-0.25, -0.2) is 4.98 Å². The first kappa shape index (κ1) is 10.9. The third-order valence-electron chi connectivity index (χ3n) is 2.49. The van der Waals surface area contributed by atoms with E-state index in [1.165, 1.54) is 0 Å². The molecule has 0 aliphatic rings. The summed E-state index contributed by atoms with van der Waals surface area (Å²) in [4.78, 5) is 4.43. The summed E-state index contributed by atoms with van der Waals surface area (Å²) in [5, 5.41) is 13.9. The van der Waals surface area contributed by atoms with Crippen molar-refractivity contribution in [1.82, 2.24) is 10.3 Å². The fourth-order valence-electron chi connectivity index (χ4n) is 1.66. The van der Waals surface area contributed by atoms with Crippen molar-refractivity contribution in [2.75, 3.05) is 6.54 Å². The molecule has 16 heavy (non-hydrogen) atoms. The molecule has 3 nitrogen and oxygen atoms in total. The summed E-state index contributed by atoms with van der Waals surface area (Å²) in [6.45, 7) is 3.87. The van der Waals surface area contributed by atoms with Crippen LogP contribution in [0.3, 0.4) is 0 Å². The zero-order chi connectivity index (χ0) is 11.4. The molecule has 0 saturated carbocycles. The maximum absolute atomic E-state index is 9.68. The Morgan fingerprint density at radius 2 is 2.12 bits per heavy atom. The number of rotatable bonds is 4. The minimum Gasteiger partial charge on any atom is -0.506 e. The molecule has 0 amide bonds. The molecule has 0 aliphatic heterocycles. The summed E-state index contributed by atoms with van der Waals surface area (Å²) in [6, 6.07) is 9.42. The van der Waals surface area contributed by atoms with Crippen LogP contribution >= 0.6 is 0 Å². The molecule has 0 saturated heterocycles. The van der Waals surface area contributed by atoms with Crippen molar-refractivity contribution in [3.05, 3.63) is 36.0 Å². The van der Waals surface area contributed by atoms with Gasteiger partial charge in [0.1, 0.15) is 11.3 Å². The van der Waals surface area contributed by atoms with Crippen LogP contribution in [-0.2, 0) is 6.54 Å². The van der Waals surface area contributed by atoms with Crippen molar-refractivity contribution in [2.24, 2.45) is 0 Å². The van der Waals surface area contributed by atoms with Crippen LogP contribution in [0.25, 0.3) is 10.9 Å². The average Bonchev–Trinajstić information content (AvgIpc) is 2.30. The lowest BCUT2D eigenvalue weighted by atomic mass is 10.2. The van der Waals surface area contributed by atoms with E-state index in [0.29, 0.717) is 5.52 Å². The van der Waals surface area contributed by atoms with Gasteiger partial charge in [0.2, 0.25) is 0 Å². The highest BCUT2D eigenvalue weighted by atomic mass is 16.3. The number of aromatic hydroxyl groups is 1. The first-order chi connectivity index (χ1) is 7.81. The number of hydrogen-bond acceptors (Lipinski definition) is 3. The zero-order valence-electron chi connectivity index (χ0n) is 9.40. The van der Waals surface area contributed by atoms with E-state index in [0.717, 1.165) is 30.6 Å². The van der Waals surface area contributed by atoms with Crippen LogP contribution in [0.15, 0.2) is 30.3 Å². The van der Waals surface area contributed by atoms with Crippen LogP contribution in [0, 0.1) is 0 Å². The molecule has 0 unspecified atom stereocenters. The molecule has 0 radical (unpaired) electrons. The third kappa shape index (κ3) is 2.31. The van der Waals surface area contributed by atoms with E-state index >= 15 is 0 Å². The lowest BCUT2D eigenvalue weighted by molar-refractivity contribution is 0.480. The molecule has 1 aromatic heterocycles. The van der Waals surface area contributed by atoms with Gasteiger partial charge in [-0.3, -0.25) is 0 Å². The van der Waals surface area contributed by atoms with Crippen LogP contribution in [0.4, 0.5) is 0 Å². The predicted molar refractivity (Wildman–Crippen MR) is 65.4 cm³/mol. The van der Waals surface area contributed by atoms with Crippen LogP contribution in [0.2, 0.25) is 0 Å². The molecule has 2 aromatic rings. The van der Waals surface area contributed by atoms with Gasteiger partial charge in [-0.15, -0.1) is 0 Å². The van der Waals surface area contributed by atoms with Gasteiger partial charge in [0.25, 0.3) is 0 Å². The Kier molecular flexibility index (Phi) is 3.37. The predicted octanol–water partition coefficient (Wildman–Crippen LogP) is 2.44. The van der Waals surface area contributed by atoms with Gasteiger partial charge in [0.05, 0.1) is 5.69 Å². The Balaban J connectivity index is 2.25. The number of fused-ring (bicyclic) bond motifs is 1. The standard InChI is InChI=1S/C13H16N2O/c1-2-8-14-9-11-7-6-10-4-3-5-12(16)13(10)15-11/h3-7,14,16H,2,8-9H2,1H3. The summed E-state index contributed by atoms with van der Waals surface area (Å²) >= 11 is 0. The van der Waals surface area contributed by atoms with E-state index in [4.69, 9.17) is 0 Å². The van der Waals surface area contributed by atoms with Crippen molar-refractivity contribution < 1.29 is 5.11 Å². The lowest BCUT2D eigenvalue weighted by Gasteiger charge is -2.05. The number of nitrogens with one attached hydrogen (secondary N) is 1. The number of benzene rings is 1. The van der Waals surface area contributed by atoms with Crippen molar-refractivity contribution >= 4 is 10.9 Å². The molecule has 84 valence electrons. The number of aromatic nitrogens is 1. The van der Waals surface area contributed by atoms with E-state index in [9.17, 15) is 5.11 Å². The molecule has 1 aromatic carbocycles. The number of phenols is 1. The topological polar surface area (TPSA) is 45.1 Å². The fraction of sp³-hybridized carbons (Fsp3) is 0.308. The van der Waals surface area contributed by atoms with Crippen molar-refractivity contribution in [1.29, 1.82) is 0 Å². The highest BCUT2D eigenvalue weighted by Gasteiger charge is 2.01. The van der Waals surface area contributed by atoms with Crippen molar-refractivity contribution in [3.63, 3.8) is 0 Å². The molecule has 2 rings (SSSR count). The summed E-state index contributed by atoms with van der Waals surface area (Å²) in [5.74, 6) is 0.245. The van der Waals surface area contributed by atoms with E-state index < -0.39 is 0 Å². The normalized spacial score (nSPS) is 10.8. The first-order valence-corrected chi connectivity index (χ1v) is 5.59. The molecule has 3 heteroatoms. The number of phenolic OH excluding ortho intramolecular Hbond substituents is 1. The second kappa shape index (κ2) is 4.94.